The summed E-state index contributed by atoms with van der Waals surface area (Å²) in [5, 5.41) is 21.0. The molecule has 20 heavy (non-hydrogen) atoms. The van der Waals surface area contributed by atoms with E-state index in [2.05, 4.69) is 5.32 Å². The highest BCUT2D eigenvalue weighted by molar-refractivity contribution is 6.06. The van der Waals surface area contributed by atoms with Gasteiger partial charge in [-0.25, -0.2) is 9.18 Å². The van der Waals surface area contributed by atoms with Gasteiger partial charge in [0, 0.05) is 5.56 Å². The van der Waals surface area contributed by atoms with E-state index in [0.717, 1.165) is 12.1 Å². The number of carbonyl (C=O) groups is 2. The Bertz CT molecular complexity index is 667. The van der Waals surface area contributed by atoms with E-state index in [1.54, 1.807) is 0 Å². The van der Waals surface area contributed by atoms with E-state index in [1.165, 1.54) is 30.3 Å². The quantitative estimate of drug-likeness (QED) is 0.751. The van der Waals surface area contributed by atoms with Gasteiger partial charge in [0.15, 0.2) is 5.75 Å². The number of aromatic carboxylic acids is 1. The van der Waals surface area contributed by atoms with Crippen molar-refractivity contribution in [2.45, 2.75) is 0 Å². The maximum absolute atomic E-state index is 12.7. The zero-order valence-electron chi connectivity index (χ0n) is 10.1. The lowest BCUT2D eigenvalue weighted by atomic mass is 10.1. The second kappa shape index (κ2) is 5.40. The second-order valence-electron chi connectivity index (χ2n) is 3.97. The predicted molar refractivity (Wildman–Crippen MR) is 69.4 cm³/mol. The Kier molecular flexibility index (Phi) is 3.65. The SMILES string of the molecule is O=C(Nc1cccc(C(=O)O)c1O)c1ccc(F)cc1. The summed E-state index contributed by atoms with van der Waals surface area (Å²) in [7, 11) is 0. The number of nitrogens with one attached hydrogen (secondary N) is 1. The summed E-state index contributed by atoms with van der Waals surface area (Å²) in [6, 6.07) is 8.79. The lowest BCUT2D eigenvalue weighted by Gasteiger charge is -2.09. The number of rotatable bonds is 3. The van der Waals surface area contributed by atoms with E-state index in [-0.39, 0.29) is 16.8 Å². The first kappa shape index (κ1) is 13.5. The van der Waals surface area contributed by atoms with Crippen LogP contribution in [-0.4, -0.2) is 22.1 Å². The smallest absolute Gasteiger partial charge is 0.339 e. The van der Waals surface area contributed by atoms with Crippen LogP contribution in [0.25, 0.3) is 0 Å². The molecule has 0 aromatic heterocycles. The Hall–Kier alpha value is -2.89. The molecular formula is C14H10FNO4. The molecule has 0 aliphatic heterocycles. The molecular weight excluding hydrogens is 265 g/mol. The third-order valence-corrected chi connectivity index (χ3v) is 2.62. The maximum Gasteiger partial charge on any atom is 0.339 e. The van der Waals surface area contributed by atoms with Crippen molar-refractivity contribution in [1.29, 1.82) is 0 Å². The average Bonchev–Trinajstić information content (AvgIpc) is 2.41. The van der Waals surface area contributed by atoms with Gasteiger partial charge in [-0.2, -0.15) is 0 Å². The number of benzene rings is 2. The topological polar surface area (TPSA) is 86.6 Å². The molecule has 2 aromatic carbocycles. The Labute approximate surface area is 113 Å². The molecule has 5 nitrogen and oxygen atoms in total. The minimum absolute atomic E-state index is 0.0285. The van der Waals surface area contributed by atoms with Crippen molar-refractivity contribution in [3.63, 3.8) is 0 Å². The molecule has 2 rings (SSSR count). The highest BCUT2D eigenvalue weighted by Gasteiger charge is 2.15. The van der Waals surface area contributed by atoms with E-state index >= 15 is 0 Å². The first-order chi connectivity index (χ1) is 9.49. The molecule has 0 saturated carbocycles. The summed E-state index contributed by atoms with van der Waals surface area (Å²) in [5.41, 5.74) is -0.160. The Balaban J connectivity index is 2.26. The molecule has 0 heterocycles. The van der Waals surface area contributed by atoms with Crippen LogP contribution in [0.1, 0.15) is 20.7 Å². The molecule has 0 radical (unpaired) electrons. The molecule has 0 bridgehead atoms. The summed E-state index contributed by atoms with van der Waals surface area (Å²) in [5.74, 6) is -2.89. The number of amides is 1. The number of carbonyl (C=O) groups excluding carboxylic acids is 1. The number of halogens is 1. The molecule has 0 unspecified atom stereocenters. The van der Waals surface area contributed by atoms with Gasteiger partial charge in [-0.3, -0.25) is 4.79 Å². The monoisotopic (exact) mass is 275 g/mol. The Morgan fingerprint density at radius 1 is 1.05 bits per heavy atom. The Morgan fingerprint density at radius 3 is 2.30 bits per heavy atom. The molecule has 0 saturated heterocycles. The van der Waals surface area contributed by atoms with Gasteiger partial charge in [0.25, 0.3) is 5.91 Å². The first-order valence-electron chi connectivity index (χ1n) is 5.61. The lowest BCUT2D eigenvalue weighted by molar-refractivity contribution is 0.0693. The van der Waals surface area contributed by atoms with Crippen LogP contribution in [0.3, 0.4) is 0 Å². The van der Waals surface area contributed by atoms with Gasteiger partial charge in [0.1, 0.15) is 11.4 Å². The first-order valence-corrected chi connectivity index (χ1v) is 5.61. The van der Waals surface area contributed by atoms with Gasteiger partial charge < -0.3 is 15.5 Å². The van der Waals surface area contributed by atoms with E-state index in [0.29, 0.717) is 0 Å². The summed E-state index contributed by atoms with van der Waals surface area (Å²) < 4.78 is 12.7. The minimum Gasteiger partial charge on any atom is -0.505 e. The number of aromatic hydroxyl groups is 1. The number of hydrogen-bond donors (Lipinski definition) is 3. The maximum atomic E-state index is 12.7. The number of anilines is 1. The van der Waals surface area contributed by atoms with Gasteiger partial charge in [-0.05, 0) is 36.4 Å². The van der Waals surface area contributed by atoms with E-state index in [9.17, 15) is 19.1 Å². The summed E-state index contributed by atoms with van der Waals surface area (Å²) in [6.07, 6.45) is 0. The molecule has 102 valence electrons. The number of hydrogen-bond acceptors (Lipinski definition) is 3. The summed E-state index contributed by atoms with van der Waals surface area (Å²) in [6.45, 7) is 0. The van der Waals surface area contributed by atoms with Crippen molar-refractivity contribution in [3.8, 4) is 5.75 Å². The van der Waals surface area contributed by atoms with Crippen molar-refractivity contribution < 1.29 is 24.2 Å². The van der Waals surface area contributed by atoms with Crippen LogP contribution in [0.5, 0.6) is 5.75 Å². The van der Waals surface area contributed by atoms with Crippen molar-refractivity contribution in [1.82, 2.24) is 0 Å². The highest BCUT2D eigenvalue weighted by atomic mass is 19.1. The zero-order valence-corrected chi connectivity index (χ0v) is 10.1. The molecule has 6 heteroatoms. The van der Waals surface area contributed by atoms with Gasteiger partial charge >= 0.3 is 5.97 Å². The van der Waals surface area contributed by atoms with Crippen LogP contribution in [-0.2, 0) is 0 Å². The minimum atomic E-state index is -1.31. The number of para-hydroxylation sites is 1. The normalized spacial score (nSPS) is 10.1. The van der Waals surface area contributed by atoms with Crippen molar-refractivity contribution in [2.75, 3.05) is 5.32 Å². The van der Waals surface area contributed by atoms with Gasteiger partial charge in [-0.1, -0.05) is 6.07 Å². The van der Waals surface area contributed by atoms with Gasteiger partial charge in [-0.15, -0.1) is 0 Å². The molecule has 3 N–H and O–H groups in total. The third-order valence-electron chi connectivity index (χ3n) is 2.62. The predicted octanol–water partition coefficient (Wildman–Crippen LogP) is 2.48. The lowest BCUT2D eigenvalue weighted by Crippen LogP contribution is -2.12. The fourth-order valence-electron chi connectivity index (χ4n) is 1.61. The summed E-state index contributed by atoms with van der Waals surface area (Å²) >= 11 is 0. The van der Waals surface area contributed by atoms with Gasteiger partial charge in [0.2, 0.25) is 0 Å². The van der Waals surface area contributed by atoms with Crippen molar-refractivity contribution >= 4 is 17.6 Å². The largest absolute Gasteiger partial charge is 0.505 e. The molecule has 0 atom stereocenters. The van der Waals surface area contributed by atoms with Crippen molar-refractivity contribution in [3.05, 3.63) is 59.4 Å². The molecule has 0 aliphatic carbocycles. The molecule has 0 spiro atoms. The fraction of sp³-hybridized carbons (Fsp3) is 0. The molecule has 1 amide bonds. The van der Waals surface area contributed by atoms with Crippen LogP contribution in [0.4, 0.5) is 10.1 Å². The second-order valence-corrected chi connectivity index (χ2v) is 3.97. The Morgan fingerprint density at radius 2 is 1.70 bits per heavy atom. The number of phenols is 1. The van der Waals surface area contributed by atoms with Crippen LogP contribution in [0.15, 0.2) is 42.5 Å². The third kappa shape index (κ3) is 2.74. The molecule has 0 fully saturated rings. The fourth-order valence-corrected chi connectivity index (χ4v) is 1.61. The van der Waals surface area contributed by atoms with Crippen LogP contribution < -0.4 is 5.32 Å². The van der Waals surface area contributed by atoms with Crippen molar-refractivity contribution in [2.24, 2.45) is 0 Å². The average molecular weight is 275 g/mol. The van der Waals surface area contributed by atoms with E-state index in [4.69, 9.17) is 5.11 Å². The number of carboxylic acid groups (broad SMARTS) is 1. The summed E-state index contributed by atoms with van der Waals surface area (Å²) in [4.78, 5) is 22.7. The highest BCUT2D eigenvalue weighted by Crippen LogP contribution is 2.27. The van der Waals surface area contributed by atoms with E-state index < -0.39 is 23.4 Å². The zero-order chi connectivity index (χ0) is 14.7. The number of carboxylic acids is 1. The molecule has 2 aromatic rings. The van der Waals surface area contributed by atoms with Crippen LogP contribution in [0.2, 0.25) is 0 Å². The van der Waals surface area contributed by atoms with Gasteiger partial charge in [0.05, 0.1) is 5.69 Å². The van der Waals surface area contributed by atoms with E-state index in [1.807, 2.05) is 0 Å². The molecule has 0 aliphatic rings. The van der Waals surface area contributed by atoms with Crippen LogP contribution >= 0.6 is 0 Å². The van der Waals surface area contributed by atoms with Crippen LogP contribution in [0, 0.1) is 5.82 Å². The standard InChI is InChI=1S/C14H10FNO4/c15-9-6-4-8(5-7-9)13(18)16-11-3-1-2-10(12(11)17)14(19)20/h1-7,17H,(H,16,18)(H,19,20).